The average Bonchev–Trinajstić information content (AvgIpc) is 3.17. The van der Waals surface area contributed by atoms with Gasteiger partial charge in [0.25, 0.3) is 5.56 Å². The highest BCUT2D eigenvalue weighted by Crippen LogP contribution is 2.25. The minimum atomic E-state index is -0.768. The van der Waals surface area contributed by atoms with Gasteiger partial charge in [0.2, 0.25) is 11.8 Å². The van der Waals surface area contributed by atoms with Crippen LogP contribution in [0, 0.1) is 13.8 Å². The van der Waals surface area contributed by atoms with E-state index in [1.165, 1.54) is 15.9 Å². The fourth-order valence-electron chi connectivity index (χ4n) is 4.08. The number of piperidine rings is 1. The van der Waals surface area contributed by atoms with Crippen molar-refractivity contribution in [3.63, 3.8) is 0 Å². The molecule has 1 aliphatic heterocycles. The van der Waals surface area contributed by atoms with E-state index in [2.05, 4.69) is 20.9 Å². The number of nitrogens with one attached hydrogen (secondary N) is 3. The van der Waals surface area contributed by atoms with Crippen LogP contribution in [0.3, 0.4) is 0 Å². The highest BCUT2D eigenvalue weighted by Gasteiger charge is 2.30. The van der Waals surface area contributed by atoms with E-state index in [0.717, 1.165) is 16.1 Å². The first-order valence-corrected chi connectivity index (χ1v) is 11.7. The van der Waals surface area contributed by atoms with Crippen LogP contribution in [0.2, 0.25) is 0 Å². The summed E-state index contributed by atoms with van der Waals surface area (Å²) in [6, 6.07) is 4.54. The first-order valence-electron chi connectivity index (χ1n) is 10.8. The number of imide groups is 1. The Morgan fingerprint density at radius 3 is 2.74 bits per heavy atom. The van der Waals surface area contributed by atoms with E-state index in [4.69, 9.17) is 0 Å². The lowest BCUT2D eigenvalue weighted by atomic mass is 10.1. The molecule has 1 aliphatic rings. The molecule has 1 aromatic carbocycles. The molecule has 1 atom stereocenters. The quantitative estimate of drug-likeness (QED) is 0.480. The molecule has 0 radical (unpaired) electrons. The molecule has 2 aromatic heterocycles. The largest absolute Gasteiger partial charge is 0.377 e. The maximum atomic E-state index is 13.1. The predicted molar refractivity (Wildman–Crippen MR) is 131 cm³/mol. The number of aryl methyl sites for hydroxylation is 2. The predicted octanol–water partition coefficient (Wildman–Crippen LogP) is 2.44. The monoisotopic (exact) mass is 482 g/mol. The molecule has 178 valence electrons. The number of nitrogens with zero attached hydrogens (tertiary/aromatic N) is 3. The Labute approximate surface area is 200 Å². The second-order valence-corrected chi connectivity index (χ2v) is 9.39. The van der Waals surface area contributed by atoms with Crippen molar-refractivity contribution in [3.8, 4) is 0 Å². The van der Waals surface area contributed by atoms with Crippen molar-refractivity contribution in [1.82, 2.24) is 20.2 Å². The van der Waals surface area contributed by atoms with Gasteiger partial charge in [0.05, 0.1) is 22.3 Å². The molecule has 0 saturated carbocycles. The number of amides is 4. The summed E-state index contributed by atoms with van der Waals surface area (Å²) in [7, 11) is 3.88. The van der Waals surface area contributed by atoms with E-state index in [0.29, 0.717) is 22.4 Å². The van der Waals surface area contributed by atoms with Gasteiger partial charge in [0, 0.05) is 37.3 Å². The van der Waals surface area contributed by atoms with Crippen LogP contribution in [-0.2, 0) is 16.1 Å². The number of carbonyl (C=O) groups is 3. The number of aromatic nitrogens is 2. The zero-order valence-corrected chi connectivity index (χ0v) is 20.2. The summed E-state index contributed by atoms with van der Waals surface area (Å²) in [6.07, 6.45) is 0.428. The molecule has 4 rings (SSSR count). The van der Waals surface area contributed by atoms with Crippen LogP contribution in [0.25, 0.3) is 10.9 Å². The lowest BCUT2D eigenvalue weighted by Gasteiger charge is -2.24. The van der Waals surface area contributed by atoms with Crippen molar-refractivity contribution in [2.45, 2.75) is 39.3 Å². The zero-order chi connectivity index (χ0) is 24.6. The minimum Gasteiger partial charge on any atom is -0.377 e. The number of urea groups is 1. The van der Waals surface area contributed by atoms with Crippen LogP contribution < -0.4 is 26.4 Å². The zero-order valence-electron chi connectivity index (χ0n) is 19.4. The Morgan fingerprint density at radius 2 is 2.03 bits per heavy atom. The van der Waals surface area contributed by atoms with Crippen molar-refractivity contribution < 1.29 is 14.4 Å². The molecule has 11 heteroatoms. The van der Waals surface area contributed by atoms with Gasteiger partial charge in [0.1, 0.15) is 11.9 Å². The Bertz CT molecular complexity index is 1360. The minimum absolute atomic E-state index is 0.172. The van der Waals surface area contributed by atoms with E-state index < -0.39 is 11.9 Å². The number of benzene rings is 1. The summed E-state index contributed by atoms with van der Waals surface area (Å²) in [5.74, 6) is -0.455. The third-order valence-electron chi connectivity index (χ3n) is 5.79. The van der Waals surface area contributed by atoms with E-state index in [-0.39, 0.29) is 36.9 Å². The van der Waals surface area contributed by atoms with E-state index >= 15 is 0 Å². The molecule has 4 amide bonds. The first kappa shape index (κ1) is 23.4. The second-order valence-electron chi connectivity index (χ2n) is 8.43. The van der Waals surface area contributed by atoms with Gasteiger partial charge in [-0.1, -0.05) is 6.07 Å². The molecular weight excluding hydrogens is 456 g/mol. The van der Waals surface area contributed by atoms with Crippen LogP contribution in [-0.4, -0.2) is 41.5 Å². The van der Waals surface area contributed by atoms with Crippen LogP contribution >= 0.6 is 11.3 Å². The van der Waals surface area contributed by atoms with Gasteiger partial charge in [-0.15, -0.1) is 11.3 Å². The average molecular weight is 483 g/mol. The number of anilines is 2. The summed E-state index contributed by atoms with van der Waals surface area (Å²) in [5, 5.41) is 9.99. The number of carbonyl (C=O) groups excluding carboxylic acids is 3. The number of rotatable bonds is 5. The molecule has 3 aromatic rings. The molecule has 0 bridgehead atoms. The van der Waals surface area contributed by atoms with Gasteiger partial charge in [-0.25, -0.2) is 9.78 Å². The summed E-state index contributed by atoms with van der Waals surface area (Å²) >= 11 is 1.32. The molecule has 0 spiro atoms. The molecule has 10 nitrogen and oxygen atoms in total. The standard InChI is InChI=1S/C23H26N6O4S/c1-12-5-6-14(9-17(12)28(3)4)26-23(33)24-10-18-20-15(11-34-18)22(32)29(13(2)25-20)16-7-8-19(30)27-21(16)31/h5-6,9,11,16H,7-8,10H2,1-4H3,(H2,24,26,33)(H,27,30,31). The van der Waals surface area contributed by atoms with Crippen LogP contribution in [0.1, 0.15) is 35.1 Å². The number of fused-ring (bicyclic) bond motifs is 1. The third-order valence-corrected chi connectivity index (χ3v) is 6.77. The Kier molecular flexibility index (Phi) is 6.38. The summed E-state index contributed by atoms with van der Waals surface area (Å²) < 4.78 is 1.35. The maximum absolute atomic E-state index is 13.1. The molecule has 0 aliphatic carbocycles. The third kappa shape index (κ3) is 4.51. The second kappa shape index (κ2) is 9.26. The lowest BCUT2D eigenvalue weighted by molar-refractivity contribution is -0.135. The van der Waals surface area contributed by atoms with Gasteiger partial charge < -0.3 is 15.5 Å². The highest BCUT2D eigenvalue weighted by molar-refractivity contribution is 7.11. The van der Waals surface area contributed by atoms with Gasteiger partial charge in [-0.3, -0.25) is 24.3 Å². The topological polar surface area (TPSA) is 125 Å². The normalized spacial score (nSPS) is 15.8. The number of hydrogen-bond donors (Lipinski definition) is 3. The van der Waals surface area contributed by atoms with E-state index in [9.17, 15) is 19.2 Å². The van der Waals surface area contributed by atoms with Crippen molar-refractivity contribution >= 4 is 51.5 Å². The maximum Gasteiger partial charge on any atom is 0.319 e. The fraction of sp³-hybridized carbons (Fsp3) is 0.348. The summed E-state index contributed by atoms with van der Waals surface area (Å²) in [4.78, 5) is 56.6. The highest BCUT2D eigenvalue weighted by atomic mass is 32.1. The summed E-state index contributed by atoms with van der Waals surface area (Å²) in [6.45, 7) is 3.86. The Hall–Kier alpha value is -3.73. The van der Waals surface area contributed by atoms with Crippen molar-refractivity contribution in [1.29, 1.82) is 0 Å². The first-order chi connectivity index (χ1) is 16.2. The van der Waals surface area contributed by atoms with Gasteiger partial charge in [-0.05, 0) is 38.0 Å². The number of thiophene rings is 1. The van der Waals surface area contributed by atoms with Crippen LogP contribution in [0.4, 0.5) is 16.2 Å². The molecule has 3 heterocycles. The SMILES string of the molecule is Cc1ccc(NC(=O)NCc2scc3c(=O)n(C4CCC(=O)NC4=O)c(C)nc23)cc1N(C)C. The molecule has 1 unspecified atom stereocenters. The van der Waals surface area contributed by atoms with Gasteiger partial charge in [-0.2, -0.15) is 0 Å². The molecule has 3 N–H and O–H groups in total. The van der Waals surface area contributed by atoms with Crippen molar-refractivity contribution in [2.75, 3.05) is 24.3 Å². The van der Waals surface area contributed by atoms with Gasteiger partial charge >= 0.3 is 6.03 Å². The molecule has 1 fully saturated rings. The van der Waals surface area contributed by atoms with Crippen LogP contribution in [0.15, 0.2) is 28.4 Å². The van der Waals surface area contributed by atoms with Crippen molar-refractivity contribution in [3.05, 3.63) is 50.2 Å². The Balaban J connectivity index is 1.51. The lowest BCUT2D eigenvalue weighted by Crippen LogP contribution is -2.45. The molecular formula is C23H26N6O4S. The van der Waals surface area contributed by atoms with E-state index in [1.807, 2.05) is 44.1 Å². The van der Waals surface area contributed by atoms with Crippen molar-refractivity contribution in [2.24, 2.45) is 0 Å². The molecule has 34 heavy (non-hydrogen) atoms. The Morgan fingerprint density at radius 1 is 1.26 bits per heavy atom. The van der Waals surface area contributed by atoms with Gasteiger partial charge in [0.15, 0.2) is 0 Å². The number of hydrogen-bond acceptors (Lipinski definition) is 7. The fourth-order valence-corrected chi connectivity index (χ4v) is 4.98. The smallest absolute Gasteiger partial charge is 0.319 e. The van der Waals surface area contributed by atoms with Crippen LogP contribution in [0.5, 0.6) is 0 Å². The van der Waals surface area contributed by atoms with E-state index in [1.54, 1.807) is 12.3 Å². The summed E-state index contributed by atoms with van der Waals surface area (Å²) in [5.41, 5.74) is 2.95. The molecule has 1 saturated heterocycles.